The van der Waals surface area contributed by atoms with E-state index in [-0.39, 0.29) is 31.2 Å². The van der Waals surface area contributed by atoms with Crippen molar-refractivity contribution in [1.29, 1.82) is 0 Å². The third-order valence-electron chi connectivity index (χ3n) is 2.22. The van der Waals surface area contributed by atoms with Crippen molar-refractivity contribution in [3.8, 4) is 0 Å². The van der Waals surface area contributed by atoms with Crippen LogP contribution in [0, 0.1) is 5.82 Å². The fourth-order valence-corrected chi connectivity index (χ4v) is 1.33. The Kier molecular flexibility index (Phi) is 6.37. The molecule has 1 atom stereocenters. The number of ether oxygens (including phenoxy) is 1. The molecular weight excluding hydrogens is 249 g/mol. The molecule has 0 saturated carbocycles. The second kappa shape index (κ2) is 7.55. The number of benzene rings is 1. The molecule has 1 rings (SSSR count). The minimum atomic E-state index is -0.700. The van der Waals surface area contributed by atoms with Crippen molar-refractivity contribution in [3.05, 3.63) is 35.6 Å². The fourth-order valence-electron chi connectivity index (χ4n) is 1.33. The number of rotatable bonds is 7. The molecule has 0 bridgehead atoms. The average Bonchev–Trinajstić information content (AvgIpc) is 2.30. The van der Waals surface area contributed by atoms with E-state index < -0.39 is 6.10 Å². The first-order valence-corrected chi connectivity index (χ1v) is 6.28. The summed E-state index contributed by atoms with van der Waals surface area (Å²) in [7, 11) is 0. The Balaban J connectivity index is 2.17. The molecule has 1 aromatic rings. The number of hydrogen-bond acceptors (Lipinski definition) is 4. The van der Waals surface area contributed by atoms with Gasteiger partial charge in [0.05, 0.1) is 24.9 Å². The average molecular weight is 271 g/mol. The Morgan fingerprint density at radius 3 is 2.63 bits per heavy atom. The molecule has 0 aliphatic heterocycles. The summed E-state index contributed by atoms with van der Waals surface area (Å²) in [4.78, 5) is 5.26. The van der Waals surface area contributed by atoms with Crippen molar-refractivity contribution in [3.63, 3.8) is 0 Å². The Morgan fingerprint density at radius 2 is 2.00 bits per heavy atom. The monoisotopic (exact) mass is 271 g/mol. The molecule has 2 N–H and O–H groups in total. The lowest BCUT2D eigenvalue weighted by Crippen LogP contribution is -2.36. The summed E-state index contributed by atoms with van der Waals surface area (Å²) in [5, 5.41) is 9.63. The van der Waals surface area contributed by atoms with Crippen LogP contribution in [-0.2, 0) is 16.2 Å². The second-order valence-corrected chi connectivity index (χ2v) is 5.32. The maximum Gasteiger partial charge on any atom is 0.128 e. The molecule has 5 heteroatoms. The fraction of sp³-hybridized carbons (Fsp3) is 0.571. The van der Waals surface area contributed by atoms with E-state index in [2.05, 4.69) is 5.48 Å². The Labute approximate surface area is 113 Å². The van der Waals surface area contributed by atoms with Crippen LogP contribution in [0.1, 0.15) is 26.3 Å². The predicted molar refractivity (Wildman–Crippen MR) is 70.9 cm³/mol. The van der Waals surface area contributed by atoms with Crippen LogP contribution >= 0.6 is 0 Å². The van der Waals surface area contributed by atoms with Gasteiger partial charge >= 0.3 is 0 Å². The third-order valence-corrected chi connectivity index (χ3v) is 2.22. The minimum absolute atomic E-state index is 0.120. The molecule has 1 unspecified atom stereocenters. The number of halogens is 1. The van der Waals surface area contributed by atoms with E-state index in [1.54, 1.807) is 18.2 Å². The van der Waals surface area contributed by atoms with Gasteiger partial charge in [-0.3, -0.25) is 4.84 Å². The topological polar surface area (TPSA) is 50.7 Å². The molecule has 0 aromatic heterocycles. The molecule has 1 aromatic carbocycles. The maximum absolute atomic E-state index is 13.3. The van der Waals surface area contributed by atoms with Crippen molar-refractivity contribution in [2.45, 2.75) is 39.1 Å². The van der Waals surface area contributed by atoms with Gasteiger partial charge < -0.3 is 9.84 Å². The molecule has 4 nitrogen and oxygen atoms in total. The van der Waals surface area contributed by atoms with E-state index >= 15 is 0 Å². The normalized spacial score (nSPS) is 13.5. The largest absolute Gasteiger partial charge is 0.389 e. The number of hydroxylamine groups is 1. The number of aliphatic hydroxyl groups excluding tert-OH is 1. The van der Waals surface area contributed by atoms with Crippen molar-refractivity contribution in [1.82, 2.24) is 5.48 Å². The molecule has 0 heterocycles. The molecule has 108 valence electrons. The highest BCUT2D eigenvalue weighted by molar-refractivity contribution is 5.16. The van der Waals surface area contributed by atoms with Crippen LogP contribution < -0.4 is 5.48 Å². The van der Waals surface area contributed by atoms with Crippen molar-refractivity contribution in [2.24, 2.45) is 0 Å². The van der Waals surface area contributed by atoms with Crippen LogP contribution in [0.15, 0.2) is 24.3 Å². The molecule has 19 heavy (non-hydrogen) atoms. The lowest BCUT2D eigenvalue weighted by atomic mass is 10.2. The van der Waals surface area contributed by atoms with Crippen LogP contribution in [0.25, 0.3) is 0 Å². The zero-order chi connectivity index (χ0) is 14.3. The van der Waals surface area contributed by atoms with Gasteiger partial charge in [-0.2, -0.15) is 5.48 Å². The molecule has 0 amide bonds. The highest BCUT2D eigenvalue weighted by atomic mass is 19.1. The summed E-state index contributed by atoms with van der Waals surface area (Å²) in [6, 6.07) is 6.41. The van der Waals surface area contributed by atoms with Gasteiger partial charge in [-0.1, -0.05) is 18.2 Å². The Hall–Kier alpha value is -1.01. The van der Waals surface area contributed by atoms with E-state index in [1.165, 1.54) is 6.07 Å². The zero-order valence-electron chi connectivity index (χ0n) is 11.6. The van der Waals surface area contributed by atoms with Crippen LogP contribution in [0.4, 0.5) is 4.39 Å². The highest BCUT2D eigenvalue weighted by Gasteiger charge is 2.12. The van der Waals surface area contributed by atoms with Gasteiger partial charge in [-0.15, -0.1) is 0 Å². The molecule has 0 saturated heterocycles. The summed E-state index contributed by atoms with van der Waals surface area (Å²) in [5.41, 5.74) is 2.85. The number of hydrogen-bond donors (Lipinski definition) is 2. The zero-order valence-corrected chi connectivity index (χ0v) is 11.6. The lowest BCUT2D eigenvalue weighted by Gasteiger charge is -2.20. The van der Waals surface area contributed by atoms with Gasteiger partial charge in [0, 0.05) is 12.1 Å². The number of aliphatic hydroxyl groups is 1. The standard InChI is InChI=1S/C14H22FNO3/c1-14(2,3)19-16-8-12(17)10-18-9-11-6-4-5-7-13(11)15/h4-7,12,16-17H,8-10H2,1-3H3. The van der Waals surface area contributed by atoms with Crippen LogP contribution in [-0.4, -0.2) is 30.0 Å². The quantitative estimate of drug-likeness (QED) is 0.745. The van der Waals surface area contributed by atoms with Gasteiger partial charge in [0.25, 0.3) is 0 Å². The first-order chi connectivity index (χ1) is 8.88. The van der Waals surface area contributed by atoms with Crippen LogP contribution in [0.3, 0.4) is 0 Å². The summed E-state index contributed by atoms with van der Waals surface area (Å²) >= 11 is 0. The van der Waals surface area contributed by atoms with Gasteiger partial charge in [-0.05, 0) is 26.8 Å². The third kappa shape index (κ3) is 7.22. The van der Waals surface area contributed by atoms with Crippen LogP contribution in [0.2, 0.25) is 0 Å². The molecule has 0 aliphatic carbocycles. The SMILES string of the molecule is CC(C)(C)ONCC(O)COCc1ccccc1F. The van der Waals surface area contributed by atoms with E-state index in [0.717, 1.165) is 0 Å². The molecular formula is C14H22FNO3. The van der Waals surface area contributed by atoms with E-state index in [0.29, 0.717) is 5.56 Å². The van der Waals surface area contributed by atoms with E-state index in [9.17, 15) is 9.50 Å². The van der Waals surface area contributed by atoms with Crippen molar-refractivity contribution < 1.29 is 19.1 Å². The second-order valence-electron chi connectivity index (χ2n) is 5.32. The van der Waals surface area contributed by atoms with Crippen molar-refractivity contribution in [2.75, 3.05) is 13.2 Å². The molecule has 0 spiro atoms. The number of nitrogens with one attached hydrogen (secondary N) is 1. The predicted octanol–water partition coefficient (Wildman–Crippen LogP) is 2.02. The Bertz CT molecular complexity index is 379. The molecule has 0 radical (unpaired) electrons. The van der Waals surface area contributed by atoms with Gasteiger partial charge in [0.15, 0.2) is 0 Å². The summed E-state index contributed by atoms with van der Waals surface area (Å²) in [6.07, 6.45) is -0.700. The molecule has 0 aliphatic rings. The van der Waals surface area contributed by atoms with Gasteiger partial charge in [-0.25, -0.2) is 4.39 Å². The lowest BCUT2D eigenvalue weighted by molar-refractivity contribution is -0.0900. The van der Waals surface area contributed by atoms with Crippen molar-refractivity contribution >= 4 is 0 Å². The summed E-state index contributed by atoms with van der Waals surface area (Å²) in [6.45, 7) is 6.23. The first kappa shape index (κ1) is 16.0. The highest BCUT2D eigenvalue weighted by Crippen LogP contribution is 2.08. The maximum atomic E-state index is 13.3. The summed E-state index contributed by atoms with van der Waals surface area (Å²) in [5.74, 6) is -0.300. The van der Waals surface area contributed by atoms with E-state index in [4.69, 9.17) is 9.57 Å². The minimum Gasteiger partial charge on any atom is -0.389 e. The Morgan fingerprint density at radius 1 is 1.32 bits per heavy atom. The van der Waals surface area contributed by atoms with Crippen LogP contribution in [0.5, 0.6) is 0 Å². The van der Waals surface area contributed by atoms with E-state index in [1.807, 2.05) is 20.8 Å². The smallest absolute Gasteiger partial charge is 0.128 e. The van der Waals surface area contributed by atoms with Gasteiger partial charge in [0.1, 0.15) is 5.82 Å². The summed E-state index contributed by atoms with van der Waals surface area (Å²) < 4.78 is 18.5. The van der Waals surface area contributed by atoms with Gasteiger partial charge in [0.2, 0.25) is 0 Å². The first-order valence-electron chi connectivity index (χ1n) is 6.28. The molecule has 0 fully saturated rings.